The number of amides is 4. The summed E-state index contributed by atoms with van der Waals surface area (Å²) in [5.41, 5.74) is -0.0190. The predicted molar refractivity (Wildman–Crippen MR) is 114 cm³/mol. The second kappa shape index (κ2) is 9.34. The summed E-state index contributed by atoms with van der Waals surface area (Å²) in [6, 6.07) is 10.3. The summed E-state index contributed by atoms with van der Waals surface area (Å²) in [6.07, 6.45) is 2.65. The molecule has 2 heterocycles. The van der Waals surface area contributed by atoms with Crippen LogP contribution in [0, 0.1) is 0 Å². The highest BCUT2D eigenvalue weighted by Crippen LogP contribution is 2.28. The average Bonchev–Trinajstić information content (AvgIpc) is 3.27. The van der Waals surface area contributed by atoms with Crippen LogP contribution in [0.2, 0.25) is 5.02 Å². The van der Waals surface area contributed by atoms with Gasteiger partial charge in [-0.15, -0.1) is 0 Å². The summed E-state index contributed by atoms with van der Waals surface area (Å²) in [4.78, 5) is 38.5. The van der Waals surface area contributed by atoms with Gasteiger partial charge in [0.1, 0.15) is 23.6 Å². The Morgan fingerprint density at radius 1 is 1.10 bits per heavy atom. The van der Waals surface area contributed by atoms with Gasteiger partial charge in [-0.1, -0.05) is 38.3 Å². The zero-order valence-electron chi connectivity index (χ0n) is 17.2. The van der Waals surface area contributed by atoms with E-state index in [0.29, 0.717) is 29.4 Å². The predicted octanol–water partition coefficient (Wildman–Crippen LogP) is 4.11. The van der Waals surface area contributed by atoms with E-state index in [2.05, 4.69) is 10.6 Å². The van der Waals surface area contributed by atoms with Gasteiger partial charge in [0.2, 0.25) is 5.91 Å². The molecule has 3 rings (SSSR count). The van der Waals surface area contributed by atoms with E-state index in [-0.39, 0.29) is 19.0 Å². The number of hydrogen-bond donors (Lipinski definition) is 2. The van der Waals surface area contributed by atoms with Crippen LogP contribution in [-0.2, 0) is 16.1 Å². The van der Waals surface area contributed by atoms with Crippen molar-refractivity contribution in [3.63, 3.8) is 0 Å². The van der Waals surface area contributed by atoms with Gasteiger partial charge in [-0.2, -0.15) is 0 Å². The maximum atomic E-state index is 12.8. The molecule has 1 fully saturated rings. The van der Waals surface area contributed by atoms with Gasteiger partial charge in [0.25, 0.3) is 5.91 Å². The van der Waals surface area contributed by atoms with Gasteiger partial charge in [-0.05, 0) is 49.2 Å². The number of carbonyl (C=O) groups is 3. The summed E-state index contributed by atoms with van der Waals surface area (Å²) in [5.74, 6) is 0.479. The number of urea groups is 1. The summed E-state index contributed by atoms with van der Waals surface area (Å²) < 4.78 is 5.75. The molecule has 1 saturated heterocycles. The third kappa shape index (κ3) is 4.67. The lowest BCUT2D eigenvalue weighted by Crippen LogP contribution is -2.47. The normalized spacial score (nSPS) is 15.4. The molecule has 0 spiro atoms. The first-order valence-corrected chi connectivity index (χ1v) is 10.5. The van der Waals surface area contributed by atoms with Crippen molar-refractivity contribution in [1.29, 1.82) is 0 Å². The number of halogens is 1. The Kier molecular flexibility index (Phi) is 6.82. The van der Waals surface area contributed by atoms with Crippen molar-refractivity contribution in [1.82, 2.24) is 15.5 Å². The Morgan fingerprint density at radius 2 is 1.77 bits per heavy atom. The van der Waals surface area contributed by atoms with Crippen LogP contribution in [0.15, 0.2) is 40.8 Å². The second-order valence-corrected chi connectivity index (χ2v) is 7.89. The first-order valence-electron chi connectivity index (χ1n) is 10.1. The van der Waals surface area contributed by atoms with Gasteiger partial charge in [-0.25, -0.2) is 4.79 Å². The highest BCUT2D eigenvalue weighted by molar-refractivity contribution is 6.30. The molecule has 0 bridgehead atoms. The van der Waals surface area contributed by atoms with Crippen molar-refractivity contribution in [2.24, 2.45) is 0 Å². The van der Waals surface area contributed by atoms with E-state index in [1.807, 2.05) is 32.0 Å². The molecule has 0 saturated carbocycles. The Bertz CT molecular complexity index is 917. The molecule has 1 aliphatic rings. The van der Waals surface area contributed by atoms with Crippen molar-refractivity contribution in [3.05, 3.63) is 47.2 Å². The van der Waals surface area contributed by atoms with Crippen molar-refractivity contribution >= 4 is 29.4 Å². The van der Waals surface area contributed by atoms with Gasteiger partial charge in [0, 0.05) is 10.6 Å². The van der Waals surface area contributed by atoms with Gasteiger partial charge >= 0.3 is 6.03 Å². The van der Waals surface area contributed by atoms with Crippen LogP contribution >= 0.6 is 11.6 Å². The first kappa shape index (κ1) is 21.9. The number of rotatable bonds is 9. The molecule has 7 nitrogen and oxygen atoms in total. The molecule has 1 aromatic heterocycles. The summed E-state index contributed by atoms with van der Waals surface area (Å²) >= 11 is 5.90. The van der Waals surface area contributed by atoms with Gasteiger partial charge in [0.15, 0.2) is 0 Å². The van der Waals surface area contributed by atoms with E-state index >= 15 is 0 Å². The number of nitrogens with one attached hydrogen (secondary N) is 2. The van der Waals surface area contributed by atoms with E-state index in [0.717, 1.165) is 23.3 Å². The zero-order valence-corrected chi connectivity index (χ0v) is 17.9. The summed E-state index contributed by atoms with van der Waals surface area (Å²) in [5, 5.41) is 6.15. The van der Waals surface area contributed by atoms with Crippen LogP contribution in [0.3, 0.4) is 0 Å². The van der Waals surface area contributed by atoms with Crippen molar-refractivity contribution in [3.8, 4) is 11.3 Å². The van der Waals surface area contributed by atoms with Gasteiger partial charge in [-0.3, -0.25) is 14.5 Å². The lowest BCUT2D eigenvalue weighted by Gasteiger charge is -2.25. The quantitative estimate of drug-likeness (QED) is 0.584. The van der Waals surface area contributed by atoms with Crippen LogP contribution in [-0.4, -0.2) is 34.8 Å². The van der Waals surface area contributed by atoms with E-state index in [1.165, 1.54) is 0 Å². The minimum atomic E-state index is -0.893. The molecule has 1 aromatic carbocycles. The highest BCUT2D eigenvalue weighted by atomic mass is 35.5. The van der Waals surface area contributed by atoms with E-state index in [4.69, 9.17) is 16.0 Å². The number of hydrogen-bond acceptors (Lipinski definition) is 4. The third-order valence-electron chi connectivity index (χ3n) is 5.15. The minimum absolute atomic E-state index is 0.158. The molecule has 30 heavy (non-hydrogen) atoms. The average molecular weight is 432 g/mol. The fourth-order valence-corrected chi connectivity index (χ4v) is 3.89. The first-order chi connectivity index (χ1) is 14.4. The minimum Gasteiger partial charge on any atom is -0.459 e. The zero-order chi connectivity index (χ0) is 21.7. The fourth-order valence-electron chi connectivity index (χ4n) is 3.76. The van der Waals surface area contributed by atoms with Gasteiger partial charge < -0.3 is 15.1 Å². The van der Waals surface area contributed by atoms with Crippen LogP contribution in [0.25, 0.3) is 11.3 Å². The molecule has 0 unspecified atom stereocenters. The molecule has 0 radical (unpaired) electrons. The number of benzene rings is 1. The molecule has 4 amide bonds. The Morgan fingerprint density at radius 3 is 2.40 bits per heavy atom. The summed E-state index contributed by atoms with van der Waals surface area (Å²) in [6.45, 7) is 3.78. The van der Waals surface area contributed by atoms with Crippen LogP contribution in [0.5, 0.6) is 0 Å². The molecule has 2 aromatic rings. The molecule has 8 heteroatoms. The maximum Gasteiger partial charge on any atom is 0.325 e. The molecular weight excluding hydrogens is 406 g/mol. The SMILES string of the molecule is CCCC1(CCC)NC(=O)N(CC(=O)NCc2ccc(-c3ccc(Cl)cc3)o2)C1=O. The van der Waals surface area contributed by atoms with E-state index in [9.17, 15) is 14.4 Å². The Labute approximate surface area is 180 Å². The maximum absolute atomic E-state index is 12.8. The molecule has 160 valence electrons. The molecule has 0 atom stereocenters. The Balaban J connectivity index is 1.58. The standard InChI is InChI=1S/C22H26ClN3O4/c1-3-11-22(12-4-2)20(28)26(21(29)25-22)14-19(27)24-13-17-9-10-18(30-17)15-5-7-16(23)8-6-15/h5-10H,3-4,11-14H2,1-2H3,(H,24,27)(H,25,29). The summed E-state index contributed by atoms with van der Waals surface area (Å²) in [7, 11) is 0. The van der Waals surface area contributed by atoms with Gasteiger partial charge in [0.05, 0.1) is 6.54 Å². The molecule has 2 N–H and O–H groups in total. The molecular formula is C22H26ClN3O4. The third-order valence-corrected chi connectivity index (χ3v) is 5.40. The van der Waals surface area contributed by atoms with Crippen LogP contribution in [0.4, 0.5) is 4.79 Å². The highest BCUT2D eigenvalue weighted by Gasteiger charge is 2.50. The molecule has 1 aliphatic heterocycles. The lowest BCUT2D eigenvalue weighted by atomic mass is 9.88. The number of furan rings is 1. The molecule has 0 aliphatic carbocycles. The number of carbonyl (C=O) groups excluding carboxylic acids is 3. The fraction of sp³-hybridized carbons (Fsp3) is 0.409. The Hall–Kier alpha value is -2.80. The van der Waals surface area contributed by atoms with E-state index < -0.39 is 17.5 Å². The van der Waals surface area contributed by atoms with Crippen LogP contribution < -0.4 is 10.6 Å². The van der Waals surface area contributed by atoms with Crippen LogP contribution in [0.1, 0.15) is 45.3 Å². The smallest absolute Gasteiger partial charge is 0.325 e. The largest absolute Gasteiger partial charge is 0.459 e. The number of nitrogens with zero attached hydrogens (tertiary/aromatic N) is 1. The van der Waals surface area contributed by atoms with E-state index in [1.54, 1.807) is 18.2 Å². The van der Waals surface area contributed by atoms with Crippen molar-refractivity contribution < 1.29 is 18.8 Å². The van der Waals surface area contributed by atoms with Crippen molar-refractivity contribution in [2.75, 3.05) is 6.54 Å². The topological polar surface area (TPSA) is 91.7 Å². The monoisotopic (exact) mass is 431 g/mol. The lowest BCUT2D eigenvalue weighted by molar-refractivity contribution is -0.135. The number of imide groups is 1. The second-order valence-electron chi connectivity index (χ2n) is 7.45. The van der Waals surface area contributed by atoms with Crippen molar-refractivity contribution in [2.45, 2.75) is 51.6 Å².